The first-order valence-electron chi connectivity index (χ1n) is 9.96. The standard InChI is InChI=1S/C21H22F2N5O5P/c22-17-4-1-5-18(21(17)23)27-20-7-6-14(12-26-20)9-16-10-19(33-28-16)15(11-24)3-2-8-25-13-32-34(29,30)31/h1-8,10,12,25H,9,11,13,24H2,(H,26,27)(H2,29,30,31)/p+1/b8-2-,15-3+. The van der Waals surface area contributed by atoms with Crippen molar-refractivity contribution in [2.75, 3.05) is 18.6 Å². The fourth-order valence-corrected chi connectivity index (χ4v) is 3.07. The molecule has 0 amide bonds. The summed E-state index contributed by atoms with van der Waals surface area (Å²) in [6.07, 6.45) is 6.88. The maximum Gasteiger partial charge on any atom is 0.474 e. The van der Waals surface area contributed by atoms with Gasteiger partial charge >= 0.3 is 7.82 Å². The molecule has 1 aromatic carbocycles. The van der Waals surface area contributed by atoms with Crippen LogP contribution < -0.4 is 16.4 Å². The van der Waals surface area contributed by atoms with E-state index in [1.54, 1.807) is 42.7 Å². The van der Waals surface area contributed by atoms with E-state index in [2.05, 4.69) is 20.0 Å². The summed E-state index contributed by atoms with van der Waals surface area (Å²) in [7, 11) is -4.50. The highest BCUT2D eigenvalue weighted by Crippen LogP contribution is 2.34. The van der Waals surface area contributed by atoms with E-state index in [1.165, 1.54) is 17.4 Å². The second-order valence-electron chi connectivity index (χ2n) is 6.94. The molecule has 0 radical (unpaired) electrons. The average molecular weight is 494 g/mol. The van der Waals surface area contributed by atoms with Gasteiger partial charge in [-0.25, -0.2) is 22.9 Å². The maximum absolute atomic E-state index is 13.8. The summed E-state index contributed by atoms with van der Waals surface area (Å²) in [6, 6.07) is 9.01. The Kier molecular flexibility index (Phi) is 8.77. The highest BCUT2D eigenvalue weighted by Gasteiger charge is 2.13. The monoisotopic (exact) mass is 494 g/mol. The van der Waals surface area contributed by atoms with Crippen LogP contribution in [0.4, 0.5) is 20.3 Å². The molecular formula is C21H23F2N5O5P+. The third-order valence-corrected chi connectivity index (χ3v) is 4.89. The molecular weight excluding hydrogens is 471 g/mol. The number of allylic oxidation sites excluding steroid dienone is 2. The van der Waals surface area contributed by atoms with Gasteiger partial charge in [-0.05, 0) is 35.9 Å². The molecule has 0 unspecified atom stereocenters. The van der Waals surface area contributed by atoms with E-state index in [9.17, 15) is 13.3 Å². The van der Waals surface area contributed by atoms with Gasteiger partial charge < -0.3 is 25.4 Å². The largest absolute Gasteiger partial charge is 0.474 e. The Morgan fingerprint density at radius 2 is 2.12 bits per heavy atom. The number of anilines is 2. The minimum Gasteiger partial charge on any atom is -0.356 e. The second-order valence-corrected chi connectivity index (χ2v) is 8.18. The van der Waals surface area contributed by atoms with Gasteiger partial charge in [0.15, 0.2) is 24.1 Å². The van der Waals surface area contributed by atoms with E-state index < -0.39 is 19.5 Å². The Labute approximate surface area is 193 Å². The molecule has 0 aliphatic rings. The van der Waals surface area contributed by atoms with Crippen LogP contribution in [0, 0.1) is 11.6 Å². The van der Waals surface area contributed by atoms with Crippen LogP contribution in [0.15, 0.2) is 65.5 Å². The van der Waals surface area contributed by atoms with Crippen LogP contribution in [0.1, 0.15) is 17.0 Å². The van der Waals surface area contributed by atoms with Gasteiger partial charge in [0.05, 0.1) is 17.6 Å². The van der Waals surface area contributed by atoms with Crippen molar-refractivity contribution in [3.63, 3.8) is 0 Å². The number of rotatable bonds is 11. The molecule has 3 rings (SSSR count). The summed E-state index contributed by atoms with van der Waals surface area (Å²) < 4.78 is 47.4. The molecule has 0 fully saturated rings. The van der Waals surface area contributed by atoms with Crippen molar-refractivity contribution in [1.29, 1.82) is 0 Å². The van der Waals surface area contributed by atoms with Crippen LogP contribution >= 0.6 is 7.82 Å². The summed E-state index contributed by atoms with van der Waals surface area (Å²) in [5.74, 6) is -1.09. The molecule has 2 aromatic heterocycles. The Morgan fingerprint density at radius 1 is 1.29 bits per heavy atom. The number of aromatic nitrogens is 2. The van der Waals surface area contributed by atoms with Gasteiger partial charge in [0, 0.05) is 30.8 Å². The third kappa shape index (κ3) is 7.66. The first kappa shape index (κ1) is 25.4. The van der Waals surface area contributed by atoms with Gasteiger partial charge in [-0.3, -0.25) is 5.32 Å². The Balaban J connectivity index is 1.58. The number of hydrogen-bond donors (Lipinski definition) is 5. The van der Waals surface area contributed by atoms with Crippen LogP contribution in [0.5, 0.6) is 0 Å². The molecule has 0 saturated carbocycles. The lowest BCUT2D eigenvalue weighted by atomic mass is 10.1. The van der Waals surface area contributed by atoms with E-state index in [-0.39, 0.29) is 19.0 Å². The minimum absolute atomic E-state index is 0.0107. The van der Waals surface area contributed by atoms with Gasteiger partial charge in [-0.2, -0.15) is 0 Å². The third-order valence-electron chi connectivity index (χ3n) is 4.40. The number of pyridine rings is 1. The molecule has 180 valence electrons. The van der Waals surface area contributed by atoms with Crippen LogP contribution in [0.25, 0.3) is 5.57 Å². The van der Waals surface area contributed by atoms with Gasteiger partial charge in [-0.1, -0.05) is 17.3 Å². The van der Waals surface area contributed by atoms with Crippen LogP contribution in [0.3, 0.4) is 0 Å². The fraction of sp³-hybridized carbons (Fsp3) is 0.143. The lowest BCUT2D eigenvalue weighted by molar-refractivity contribution is -0.617. The second kappa shape index (κ2) is 11.7. The molecule has 0 saturated heterocycles. The number of phosphoric ester groups is 1. The number of halogens is 2. The quantitative estimate of drug-likeness (QED) is 0.116. The topological polar surface area (TPSA) is 160 Å². The summed E-state index contributed by atoms with van der Waals surface area (Å²) in [5, 5.41) is 8.20. The number of nitrogens with zero attached hydrogens (tertiary/aromatic N) is 2. The minimum atomic E-state index is -4.50. The Hall–Kier alpha value is -3.25. The van der Waals surface area contributed by atoms with Crippen molar-refractivity contribution in [1.82, 2.24) is 10.1 Å². The van der Waals surface area contributed by atoms with Gasteiger partial charge in [-0.15, -0.1) is 0 Å². The Bertz CT molecular complexity index is 1210. The molecule has 34 heavy (non-hydrogen) atoms. The smallest absolute Gasteiger partial charge is 0.356 e. The van der Waals surface area contributed by atoms with E-state index in [1.807, 2.05) is 0 Å². The predicted octanol–water partition coefficient (Wildman–Crippen LogP) is 2.17. The van der Waals surface area contributed by atoms with E-state index in [0.717, 1.165) is 11.6 Å². The van der Waals surface area contributed by atoms with E-state index >= 15 is 0 Å². The first-order chi connectivity index (χ1) is 16.2. The predicted molar refractivity (Wildman–Crippen MR) is 119 cm³/mol. The van der Waals surface area contributed by atoms with Crippen molar-refractivity contribution in [2.45, 2.75) is 6.42 Å². The average Bonchev–Trinajstić information content (AvgIpc) is 3.25. The van der Waals surface area contributed by atoms with Crippen molar-refractivity contribution in [3.05, 3.63) is 89.6 Å². The number of nitrogens with one attached hydrogen (secondary N) is 1. The molecule has 0 aliphatic carbocycles. The summed E-state index contributed by atoms with van der Waals surface area (Å²) in [5.41, 5.74) is 7.88. The highest BCUT2D eigenvalue weighted by atomic mass is 31.2. The summed E-state index contributed by atoms with van der Waals surface area (Å²) >= 11 is 0. The van der Waals surface area contributed by atoms with E-state index in [4.69, 9.17) is 20.0 Å². The zero-order valence-corrected chi connectivity index (χ0v) is 18.7. The molecule has 0 bridgehead atoms. The maximum atomic E-state index is 13.8. The van der Waals surface area contributed by atoms with Crippen molar-refractivity contribution < 1.29 is 37.5 Å². The summed E-state index contributed by atoms with van der Waals surface area (Å²) in [6.45, 7) is -0.0604. The number of benzene rings is 1. The molecule has 3 aromatic rings. The van der Waals surface area contributed by atoms with Gasteiger partial charge in [0.1, 0.15) is 5.82 Å². The fourth-order valence-electron chi connectivity index (χ4n) is 2.79. The lowest BCUT2D eigenvalue weighted by Gasteiger charge is -2.07. The van der Waals surface area contributed by atoms with Crippen molar-refractivity contribution in [2.24, 2.45) is 5.73 Å². The molecule has 0 spiro atoms. The van der Waals surface area contributed by atoms with Crippen LogP contribution in [-0.4, -0.2) is 33.2 Å². The molecule has 10 nitrogen and oxygen atoms in total. The lowest BCUT2D eigenvalue weighted by Crippen LogP contribution is -2.78. The van der Waals surface area contributed by atoms with E-state index in [0.29, 0.717) is 29.3 Å². The SMILES string of the molecule is NC/C(=C\C=C/[NH2+]COP(=O)(O)O)c1cc(Cc2ccc(Nc3cccc(F)c3F)nc2)no1. The first-order valence-corrected chi connectivity index (χ1v) is 11.5. The zero-order chi connectivity index (χ0) is 24.6. The zero-order valence-electron chi connectivity index (χ0n) is 17.8. The Morgan fingerprint density at radius 3 is 2.82 bits per heavy atom. The number of phosphoric acid groups is 1. The number of nitrogens with two attached hydrogens (primary N) is 2. The van der Waals surface area contributed by atoms with Crippen LogP contribution in [-0.2, 0) is 15.5 Å². The van der Waals surface area contributed by atoms with Gasteiger partial charge in [0.2, 0.25) is 0 Å². The molecule has 13 heteroatoms. The molecule has 0 aliphatic heterocycles. The number of hydrogen-bond acceptors (Lipinski definition) is 7. The van der Waals surface area contributed by atoms with Gasteiger partial charge in [0.25, 0.3) is 0 Å². The van der Waals surface area contributed by atoms with Crippen molar-refractivity contribution >= 4 is 24.9 Å². The van der Waals surface area contributed by atoms with Crippen molar-refractivity contribution in [3.8, 4) is 0 Å². The normalized spacial score (nSPS) is 12.4. The number of quaternary nitrogens is 1. The van der Waals surface area contributed by atoms with Crippen LogP contribution in [0.2, 0.25) is 0 Å². The summed E-state index contributed by atoms with van der Waals surface area (Å²) in [4.78, 5) is 21.4. The molecule has 0 atom stereocenters. The molecule has 7 N–H and O–H groups in total. The molecule has 2 heterocycles. The highest BCUT2D eigenvalue weighted by molar-refractivity contribution is 7.46.